The van der Waals surface area contributed by atoms with Gasteiger partial charge in [-0.05, 0) is 49.7 Å². The smallest absolute Gasteiger partial charge is 0.258 e. The van der Waals surface area contributed by atoms with Crippen molar-refractivity contribution in [1.82, 2.24) is 14.9 Å². The van der Waals surface area contributed by atoms with Crippen LogP contribution < -0.4 is 10.9 Å². The van der Waals surface area contributed by atoms with Crippen molar-refractivity contribution in [2.24, 2.45) is 5.92 Å². The monoisotopic (exact) mass is 396 g/mol. The van der Waals surface area contributed by atoms with Gasteiger partial charge in [-0.15, -0.1) is 0 Å². The molecular weight excluding hydrogens is 376 g/mol. The van der Waals surface area contributed by atoms with Crippen molar-refractivity contribution < 1.29 is 4.79 Å². The van der Waals surface area contributed by atoms with Gasteiger partial charge in [-0.25, -0.2) is 4.98 Å². The maximum Gasteiger partial charge on any atom is 0.258 e. The molecule has 0 radical (unpaired) electrons. The van der Waals surface area contributed by atoms with Gasteiger partial charge in [-0.2, -0.15) is 0 Å². The number of hydrogen-bond acceptors (Lipinski definition) is 4. The molecule has 1 aliphatic rings. The molecule has 1 aromatic heterocycles. The topological polar surface area (TPSA) is 78.1 Å². The second kappa shape index (κ2) is 8.12. The van der Waals surface area contributed by atoms with Gasteiger partial charge in [0.25, 0.3) is 5.56 Å². The fraction of sp³-hybridized carbons (Fsp3) is 0.286. The van der Waals surface area contributed by atoms with E-state index in [1.165, 1.54) is 0 Å². The molecule has 2 heterocycles. The highest BCUT2D eigenvalue weighted by molar-refractivity contribution is 6.31. The van der Waals surface area contributed by atoms with E-state index in [-0.39, 0.29) is 17.4 Å². The number of hydrogen-bond donors (Lipinski definition) is 2. The molecule has 3 aromatic rings. The number of para-hydroxylation sites is 1. The fourth-order valence-electron chi connectivity index (χ4n) is 3.63. The maximum atomic E-state index is 12.6. The Labute approximate surface area is 167 Å². The van der Waals surface area contributed by atoms with Gasteiger partial charge in [0.2, 0.25) is 5.91 Å². The molecule has 1 saturated heterocycles. The third-order valence-corrected chi connectivity index (χ3v) is 5.24. The van der Waals surface area contributed by atoms with E-state index >= 15 is 0 Å². The molecule has 144 valence electrons. The standard InChI is InChI=1S/C21H21ClN4O2/c22-15-8-9-17-18(11-15)24-19(25-21(17)28)13-26-10-4-5-14(12-26)20(27)23-16-6-2-1-3-7-16/h1-3,6-9,11,14H,4-5,10,12-13H2,(H,23,27)(H,24,25,28). The van der Waals surface area contributed by atoms with Crippen LogP contribution in [0.1, 0.15) is 18.7 Å². The first-order chi connectivity index (χ1) is 13.6. The Hall–Kier alpha value is -2.70. The summed E-state index contributed by atoms with van der Waals surface area (Å²) in [5.41, 5.74) is 1.22. The lowest BCUT2D eigenvalue weighted by Gasteiger charge is -2.31. The minimum atomic E-state index is -0.174. The number of aromatic nitrogens is 2. The van der Waals surface area contributed by atoms with Crippen LogP contribution in [-0.4, -0.2) is 33.9 Å². The zero-order valence-electron chi connectivity index (χ0n) is 15.3. The zero-order valence-corrected chi connectivity index (χ0v) is 16.1. The number of H-pyrrole nitrogens is 1. The van der Waals surface area contributed by atoms with Crippen molar-refractivity contribution in [3.8, 4) is 0 Å². The quantitative estimate of drug-likeness (QED) is 0.708. The average Bonchev–Trinajstić information content (AvgIpc) is 2.68. The highest BCUT2D eigenvalue weighted by atomic mass is 35.5. The number of nitrogens with one attached hydrogen (secondary N) is 2. The van der Waals surface area contributed by atoms with E-state index in [0.717, 1.165) is 25.1 Å². The molecule has 28 heavy (non-hydrogen) atoms. The van der Waals surface area contributed by atoms with E-state index < -0.39 is 0 Å². The van der Waals surface area contributed by atoms with Crippen molar-refractivity contribution in [1.29, 1.82) is 0 Å². The Morgan fingerprint density at radius 2 is 2.07 bits per heavy atom. The SMILES string of the molecule is O=C(Nc1ccccc1)C1CCCN(Cc2nc3cc(Cl)ccc3c(=O)[nH]2)C1. The van der Waals surface area contributed by atoms with Crippen molar-refractivity contribution in [2.75, 3.05) is 18.4 Å². The summed E-state index contributed by atoms with van der Waals surface area (Å²) in [6, 6.07) is 14.5. The predicted octanol–water partition coefficient (Wildman–Crippen LogP) is 3.43. The van der Waals surface area contributed by atoms with Crippen LogP contribution in [0.5, 0.6) is 0 Å². The number of aromatic amines is 1. The second-order valence-electron chi connectivity index (χ2n) is 7.10. The molecule has 0 bridgehead atoms. The largest absolute Gasteiger partial charge is 0.326 e. The first-order valence-corrected chi connectivity index (χ1v) is 9.73. The number of nitrogens with zero attached hydrogens (tertiary/aromatic N) is 2. The maximum absolute atomic E-state index is 12.6. The van der Waals surface area contributed by atoms with Crippen molar-refractivity contribution >= 4 is 34.1 Å². The Kier molecular flexibility index (Phi) is 5.41. The Bertz CT molecular complexity index is 1050. The first kappa shape index (κ1) is 18.7. The molecule has 1 aliphatic heterocycles. The average molecular weight is 397 g/mol. The van der Waals surface area contributed by atoms with Gasteiger partial charge in [0.1, 0.15) is 5.82 Å². The van der Waals surface area contributed by atoms with E-state index in [2.05, 4.69) is 20.2 Å². The van der Waals surface area contributed by atoms with Gasteiger partial charge in [-0.3, -0.25) is 14.5 Å². The third kappa shape index (κ3) is 4.24. The molecule has 2 N–H and O–H groups in total. The number of amides is 1. The number of fused-ring (bicyclic) bond motifs is 1. The summed E-state index contributed by atoms with van der Waals surface area (Å²) < 4.78 is 0. The van der Waals surface area contributed by atoms with Gasteiger partial charge < -0.3 is 10.3 Å². The summed E-state index contributed by atoms with van der Waals surface area (Å²) in [7, 11) is 0. The Morgan fingerprint density at radius 3 is 2.89 bits per heavy atom. The molecule has 1 atom stereocenters. The lowest BCUT2D eigenvalue weighted by Crippen LogP contribution is -2.40. The van der Waals surface area contributed by atoms with Gasteiger partial charge in [0.15, 0.2) is 0 Å². The van der Waals surface area contributed by atoms with Gasteiger partial charge in [-0.1, -0.05) is 29.8 Å². The first-order valence-electron chi connectivity index (χ1n) is 9.35. The van der Waals surface area contributed by atoms with E-state index in [1.807, 2.05) is 30.3 Å². The van der Waals surface area contributed by atoms with Crippen LogP contribution in [0.25, 0.3) is 10.9 Å². The molecule has 1 fully saturated rings. The summed E-state index contributed by atoms with van der Waals surface area (Å²) in [5.74, 6) is 0.530. The number of halogens is 1. The normalized spacial score (nSPS) is 17.5. The highest BCUT2D eigenvalue weighted by Crippen LogP contribution is 2.20. The Balaban J connectivity index is 1.46. The lowest BCUT2D eigenvalue weighted by atomic mass is 9.97. The van der Waals surface area contributed by atoms with Crippen LogP contribution >= 0.6 is 11.6 Å². The van der Waals surface area contributed by atoms with Crippen LogP contribution in [0, 0.1) is 5.92 Å². The predicted molar refractivity (Wildman–Crippen MR) is 110 cm³/mol. The van der Waals surface area contributed by atoms with E-state index in [4.69, 9.17) is 11.6 Å². The summed E-state index contributed by atoms with van der Waals surface area (Å²) in [4.78, 5) is 34.5. The molecule has 0 spiro atoms. The number of carbonyl (C=O) groups is 1. The van der Waals surface area contributed by atoms with Crippen LogP contribution in [0.4, 0.5) is 5.69 Å². The number of carbonyl (C=O) groups excluding carboxylic acids is 1. The molecular formula is C21H21ClN4O2. The van der Waals surface area contributed by atoms with Gasteiger partial charge in [0, 0.05) is 17.3 Å². The molecule has 1 unspecified atom stereocenters. The summed E-state index contributed by atoms with van der Waals surface area (Å²) >= 11 is 6.03. The minimum absolute atomic E-state index is 0.0302. The third-order valence-electron chi connectivity index (χ3n) is 5.01. The van der Waals surface area contributed by atoms with Crippen molar-refractivity contribution in [3.63, 3.8) is 0 Å². The number of likely N-dealkylation sites (tertiary alicyclic amines) is 1. The minimum Gasteiger partial charge on any atom is -0.326 e. The summed E-state index contributed by atoms with van der Waals surface area (Å²) in [6.45, 7) is 2.00. The van der Waals surface area contributed by atoms with E-state index in [1.54, 1.807) is 18.2 Å². The number of rotatable bonds is 4. The second-order valence-corrected chi connectivity index (χ2v) is 7.54. The molecule has 4 rings (SSSR count). The number of benzene rings is 2. The van der Waals surface area contributed by atoms with E-state index in [0.29, 0.717) is 34.8 Å². The van der Waals surface area contributed by atoms with Crippen LogP contribution in [-0.2, 0) is 11.3 Å². The fourth-order valence-corrected chi connectivity index (χ4v) is 3.79. The molecule has 6 nitrogen and oxygen atoms in total. The molecule has 7 heteroatoms. The zero-order chi connectivity index (χ0) is 19.5. The molecule has 0 aliphatic carbocycles. The number of anilines is 1. The lowest BCUT2D eigenvalue weighted by molar-refractivity contribution is -0.121. The summed E-state index contributed by atoms with van der Waals surface area (Å²) in [5, 5.41) is 4.05. The van der Waals surface area contributed by atoms with Crippen molar-refractivity contribution in [3.05, 3.63) is 69.7 Å². The highest BCUT2D eigenvalue weighted by Gasteiger charge is 2.26. The van der Waals surface area contributed by atoms with Crippen molar-refractivity contribution in [2.45, 2.75) is 19.4 Å². The molecule has 1 amide bonds. The van der Waals surface area contributed by atoms with Gasteiger partial charge >= 0.3 is 0 Å². The van der Waals surface area contributed by atoms with Crippen LogP contribution in [0.15, 0.2) is 53.3 Å². The molecule has 2 aromatic carbocycles. The van der Waals surface area contributed by atoms with Crippen LogP contribution in [0.3, 0.4) is 0 Å². The van der Waals surface area contributed by atoms with E-state index in [9.17, 15) is 9.59 Å². The summed E-state index contributed by atoms with van der Waals surface area (Å²) in [6.07, 6.45) is 1.78. The number of piperidine rings is 1. The van der Waals surface area contributed by atoms with Crippen LogP contribution in [0.2, 0.25) is 5.02 Å². The van der Waals surface area contributed by atoms with Gasteiger partial charge in [0.05, 0.1) is 23.4 Å². The molecule has 0 saturated carbocycles. The Morgan fingerprint density at radius 1 is 1.25 bits per heavy atom.